The van der Waals surface area contributed by atoms with E-state index in [1.807, 2.05) is 13.8 Å². The molecule has 1 fully saturated rings. The van der Waals surface area contributed by atoms with E-state index in [2.05, 4.69) is 0 Å². The molecule has 1 aliphatic heterocycles. The van der Waals surface area contributed by atoms with Crippen molar-refractivity contribution in [2.24, 2.45) is 0 Å². The van der Waals surface area contributed by atoms with Crippen molar-refractivity contribution in [1.29, 1.82) is 0 Å². The van der Waals surface area contributed by atoms with Gasteiger partial charge in [-0.15, -0.1) is 0 Å². The summed E-state index contributed by atoms with van der Waals surface area (Å²) < 4.78 is 0. The fourth-order valence-corrected chi connectivity index (χ4v) is 1.99. The molecule has 5 heteroatoms. The van der Waals surface area contributed by atoms with Crippen molar-refractivity contribution in [2.75, 3.05) is 26.2 Å². The van der Waals surface area contributed by atoms with Crippen LogP contribution in [0.4, 0.5) is 0 Å². The predicted molar refractivity (Wildman–Crippen MR) is 64.4 cm³/mol. The highest BCUT2D eigenvalue weighted by Gasteiger charge is 2.33. The van der Waals surface area contributed by atoms with E-state index >= 15 is 0 Å². The first-order chi connectivity index (χ1) is 8.07. The minimum Gasteiger partial charge on any atom is -0.396 e. The zero-order valence-corrected chi connectivity index (χ0v) is 10.7. The summed E-state index contributed by atoms with van der Waals surface area (Å²) in [7, 11) is 0. The third kappa shape index (κ3) is 3.70. The Kier molecular flexibility index (Phi) is 5.41. The van der Waals surface area contributed by atoms with Crippen LogP contribution in [0.1, 0.15) is 33.1 Å². The van der Waals surface area contributed by atoms with Gasteiger partial charge in [0.1, 0.15) is 0 Å². The topological polar surface area (TPSA) is 60.9 Å². The van der Waals surface area contributed by atoms with E-state index in [0.717, 1.165) is 19.3 Å². The first-order valence-electron chi connectivity index (χ1n) is 6.28. The second-order valence-electron chi connectivity index (χ2n) is 4.67. The van der Waals surface area contributed by atoms with E-state index in [1.54, 1.807) is 9.80 Å². The molecule has 0 radical (unpaired) electrons. The van der Waals surface area contributed by atoms with Gasteiger partial charge in [-0.2, -0.15) is 0 Å². The predicted octanol–water partition coefficient (Wildman–Crippen LogP) is 0.228. The molecule has 1 rings (SSSR count). The molecule has 1 heterocycles. The molecule has 1 aliphatic rings. The number of aliphatic hydroxyl groups excluding tert-OH is 1. The molecular formula is C12H22N2O3. The van der Waals surface area contributed by atoms with Crippen LogP contribution in [-0.4, -0.2) is 59.0 Å². The van der Waals surface area contributed by atoms with Crippen LogP contribution < -0.4 is 0 Å². The van der Waals surface area contributed by atoms with E-state index in [4.69, 9.17) is 5.11 Å². The molecular weight excluding hydrogens is 220 g/mol. The second-order valence-corrected chi connectivity index (χ2v) is 4.67. The lowest BCUT2D eigenvalue weighted by Crippen LogP contribution is -2.56. The minimum absolute atomic E-state index is 0.0861. The number of hydrogen-bond donors (Lipinski definition) is 1. The van der Waals surface area contributed by atoms with Gasteiger partial charge in [0, 0.05) is 32.3 Å². The summed E-state index contributed by atoms with van der Waals surface area (Å²) in [5.41, 5.74) is 0. The van der Waals surface area contributed by atoms with Gasteiger partial charge in [0.25, 0.3) is 0 Å². The van der Waals surface area contributed by atoms with Crippen molar-refractivity contribution in [3.05, 3.63) is 0 Å². The van der Waals surface area contributed by atoms with Crippen LogP contribution in [0.5, 0.6) is 0 Å². The molecule has 5 nitrogen and oxygen atoms in total. The Balaban J connectivity index is 2.40. The van der Waals surface area contributed by atoms with Gasteiger partial charge < -0.3 is 14.9 Å². The smallest absolute Gasteiger partial charge is 0.312 e. The lowest BCUT2D eigenvalue weighted by atomic mass is 10.2. The van der Waals surface area contributed by atoms with Gasteiger partial charge in [0.15, 0.2) is 0 Å². The molecule has 0 aromatic rings. The summed E-state index contributed by atoms with van der Waals surface area (Å²) in [6, 6.07) is 0.0861. The molecule has 0 atom stereocenters. The van der Waals surface area contributed by atoms with Crippen molar-refractivity contribution in [1.82, 2.24) is 9.80 Å². The summed E-state index contributed by atoms with van der Waals surface area (Å²) in [6.07, 6.45) is 2.50. The minimum atomic E-state index is -0.381. The van der Waals surface area contributed by atoms with E-state index < -0.39 is 0 Å². The maximum Gasteiger partial charge on any atom is 0.312 e. The number of rotatable bonds is 6. The molecule has 1 N–H and O–H groups in total. The molecule has 0 bridgehead atoms. The third-order valence-electron chi connectivity index (χ3n) is 3.05. The van der Waals surface area contributed by atoms with Gasteiger partial charge >= 0.3 is 11.8 Å². The molecule has 0 spiro atoms. The first-order valence-corrected chi connectivity index (χ1v) is 6.28. The number of carbonyl (C=O) groups excluding carboxylic acids is 2. The molecule has 0 aliphatic carbocycles. The highest BCUT2D eigenvalue weighted by Crippen LogP contribution is 2.10. The maximum atomic E-state index is 11.8. The van der Waals surface area contributed by atoms with Crippen LogP contribution in [-0.2, 0) is 9.59 Å². The van der Waals surface area contributed by atoms with Crippen LogP contribution in [0.15, 0.2) is 0 Å². The average molecular weight is 242 g/mol. The number of unbranched alkanes of at least 4 members (excludes halogenated alkanes) is 2. The first kappa shape index (κ1) is 14.0. The van der Waals surface area contributed by atoms with Gasteiger partial charge in [0.2, 0.25) is 0 Å². The number of carbonyl (C=O) groups is 2. The van der Waals surface area contributed by atoms with Crippen LogP contribution >= 0.6 is 0 Å². The Bertz CT molecular complexity index is 279. The number of aliphatic hydroxyl groups is 1. The van der Waals surface area contributed by atoms with Gasteiger partial charge in [-0.1, -0.05) is 0 Å². The lowest BCUT2D eigenvalue weighted by molar-refractivity contribution is -0.157. The van der Waals surface area contributed by atoms with Gasteiger partial charge in [-0.05, 0) is 33.1 Å². The molecule has 0 saturated carbocycles. The fourth-order valence-electron chi connectivity index (χ4n) is 1.99. The van der Waals surface area contributed by atoms with Crippen LogP contribution in [0.2, 0.25) is 0 Å². The van der Waals surface area contributed by atoms with E-state index in [0.29, 0.717) is 19.6 Å². The van der Waals surface area contributed by atoms with Crippen molar-refractivity contribution in [2.45, 2.75) is 39.2 Å². The van der Waals surface area contributed by atoms with Crippen molar-refractivity contribution in [3.8, 4) is 0 Å². The summed E-state index contributed by atoms with van der Waals surface area (Å²) in [5, 5.41) is 8.65. The second kappa shape index (κ2) is 6.59. The van der Waals surface area contributed by atoms with Crippen molar-refractivity contribution in [3.63, 3.8) is 0 Å². The summed E-state index contributed by atoms with van der Waals surface area (Å²) >= 11 is 0. The highest BCUT2D eigenvalue weighted by molar-refractivity contribution is 6.35. The van der Waals surface area contributed by atoms with Crippen LogP contribution in [0.3, 0.4) is 0 Å². The molecule has 0 aromatic heterocycles. The molecule has 17 heavy (non-hydrogen) atoms. The molecule has 1 saturated heterocycles. The Morgan fingerprint density at radius 1 is 1.12 bits per heavy atom. The zero-order chi connectivity index (χ0) is 12.8. The number of nitrogens with zero attached hydrogens (tertiary/aromatic N) is 2. The average Bonchev–Trinajstić information content (AvgIpc) is 2.29. The maximum absolute atomic E-state index is 11.8. The van der Waals surface area contributed by atoms with Crippen LogP contribution in [0, 0.1) is 0 Å². The number of amides is 2. The molecule has 0 aromatic carbocycles. The Hall–Kier alpha value is -1.10. The largest absolute Gasteiger partial charge is 0.396 e. The quantitative estimate of drug-likeness (QED) is 0.536. The van der Waals surface area contributed by atoms with Crippen molar-refractivity contribution < 1.29 is 14.7 Å². The van der Waals surface area contributed by atoms with E-state index in [-0.39, 0.29) is 24.5 Å². The van der Waals surface area contributed by atoms with Crippen LogP contribution in [0.25, 0.3) is 0 Å². The summed E-state index contributed by atoms with van der Waals surface area (Å²) in [4.78, 5) is 26.8. The fraction of sp³-hybridized carbons (Fsp3) is 0.833. The Morgan fingerprint density at radius 3 is 2.41 bits per heavy atom. The monoisotopic (exact) mass is 242 g/mol. The number of piperazine rings is 1. The van der Waals surface area contributed by atoms with E-state index in [9.17, 15) is 9.59 Å². The lowest BCUT2D eigenvalue weighted by Gasteiger charge is -2.36. The third-order valence-corrected chi connectivity index (χ3v) is 3.05. The Labute approximate surface area is 102 Å². The molecule has 2 amide bonds. The van der Waals surface area contributed by atoms with Crippen molar-refractivity contribution >= 4 is 11.8 Å². The van der Waals surface area contributed by atoms with E-state index in [1.165, 1.54) is 0 Å². The van der Waals surface area contributed by atoms with Gasteiger partial charge in [-0.25, -0.2) is 0 Å². The normalized spacial score (nSPS) is 17.2. The summed E-state index contributed by atoms with van der Waals surface area (Å²) in [5.74, 6) is -0.762. The van der Waals surface area contributed by atoms with Gasteiger partial charge in [0.05, 0.1) is 0 Å². The SMILES string of the molecule is CC(C)N1CCN(CCCCCO)C(=O)C1=O. The molecule has 98 valence electrons. The standard InChI is InChI=1S/C12H22N2O3/c1-10(2)14-8-7-13(11(16)12(14)17)6-4-3-5-9-15/h10,15H,3-9H2,1-2H3. The summed E-state index contributed by atoms with van der Waals surface area (Å²) in [6.45, 7) is 5.90. The number of hydrogen-bond acceptors (Lipinski definition) is 3. The Morgan fingerprint density at radius 2 is 1.82 bits per heavy atom. The van der Waals surface area contributed by atoms with Gasteiger partial charge in [-0.3, -0.25) is 9.59 Å². The molecule has 0 unspecified atom stereocenters. The highest BCUT2D eigenvalue weighted by atomic mass is 16.3. The zero-order valence-electron chi connectivity index (χ0n) is 10.7.